The molecule has 0 unspecified atom stereocenters. The fourth-order valence-electron chi connectivity index (χ4n) is 1.62. The fourth-order valence-corrected chi connectivity index (χ4v) is 2.61. The molecule has 1 aliphatic heterocycles. The van der Waals surface area contributed by atoms with Gasteiger partial charge in [-0.05, 0) is 23.3 Å². The lowest BCUT2D eigenvalue weighted by Gasteiger charge is -2.16. The first kappa shape index (κ1) is 8.00. The maximum absolute atomic E-state index is 4.13. The zero-order valence-corrected chi connectivity index (χ0v) is 8.29. The largest absolute Gasteiger partial charge is 0.158 e. The molecular weight excluding hydrogens is 192 g/mol. The average Bonchev–Trinajstić information content (AvgIpc) is 2.26. The molecular formula is C11H8N2S. The summed E-state index contributed by atoms with van der Waals surface area (Å²) in [6, 6.07) is 10.5. The lowest BCUT2D eigenvalue weighted by Crippen LogP contribution is -2.01. The molecule has 1 aromatic carbocycles. The van der Waals surface area contributed by atoms with E-state index in [2.05, 4.69) is 34.5 Å². The third kappa shape index (κ3) is 1.21. The molecule has 0 saturated heterocycles. The predicted octanol–water partition coefficient (Wildman–Crippen LogP) is 2.53. The van der Waals surface area contributed by atoms with E-state index < -0.39 is 0 Å². The minimum atomic E-state index is 0.980. The van der Waals surface area contributed by atoms with Crippen molar-refractivity contribution in [1.29, 1.82) is 0 Å². The lowest BCUT2D eigenvalue weighted by atomic mass is 10.1. The van der Waals surface area contributed by atoms with Crippen LogP contribution in [0.25, 0.3) is 0 Å². The van der Waals surface area contributed by atoms with Crippen LogP contribution in [0.3, 0.4) is 0 Å². The van der Waals surface area contributed by atoms with Gasteiger partial charge in [-0.1, -0.05) is 30.0 Å². The van der Waals surface area contributed by atoms with E-state index in [9.17, 15) is 0 Å². The van der Waals surface area contributed by atoms with E-state index in [4.69, 9.17) is 0 Å². The van der Waals surface area contributed by atoms with Gasteiger partial charge in [0.1, 0.15) is 5.03 Å². The number of aromatic nitrogens is 2. The zero-order valence-electron chi connectivity index (χ0n) is 7.47. The Kier molecular flexibility index (Phi) is 1.77. The molecule has 3 rings (SSSR count). The van der Waals surface area contributed by atoms with Crippen molar-refractivity contribution in [1.82, 2.24) is 10.2 Å². The molecule has 2 aromatic rings. The summed E-state index contributed by atoms with van der Waals surface area (Å²) in [6.07, 6.45) is 2.74. The zero-order chi connectivity index (χ0) is 9.38. The first-order chi connectivity index (χ1) is 6.93. The van der Waals surface area contributed by atoms with Crippen LogP contribution in [0, 0.1) is 0 Å². The highest BCUT2D eigenvalue weighted by Crippen LogP contribution is 2.37. The van der Waals surface area contributed by atoms with Crippen LogP contribution >= 0.6 is 11.8 Å². The van der Waals surface area contributed by atoms with Crippen molar-refractivity contribution in [2.24, 2.45) is 0 Å². The third-order valence-corrected chi connectivity index (χ3v) is 3.48. The topological polar surface area (TPSA) is 25.8 Å². The maximum Gasteiger partial charge on any atom is 0.127 e. The molecule has 3 heteroatoms. The Morgan fingerprint density at radius 3 is 3.00 bits per heavy atom. The van der Waals surface area contributed by atoms with Gasteiger partial charge in [0, 0.05) is 17.5 Å². The monoisotopic (exact) mass is 200 g/mol. The molecule has 68 valence electrons. The van der Waals surface area contributed by atoms with E-state index in [0.717, 1.165) is 11.4 Å². The van der Waals surface area contributed by atoms with Gasteiger partial charge in [-0.25, -0.2) is 0 Å². The Morgan fingerprint density at radius 1 is 1.07 bits per heavy atom. The SMILES string of the molecule is c1ccc2c(c1)Cc1ccnnc1S2. The molecule has 1 aromatic heterocycles. The fraction of sp³-hybridized carbons (Fsp3) is 0.0909. The van der Waals surface area contributed by atoms with Crippen LogP contribution in [0.2, 0.25) is 0 Å². The number of fused-ring (bicyclic) bond motifs is 2. The second kappa shape index (κ2) is 3.10. The Bertz CT molecular complexity index is 395. The molecule has 0 atom stereocenters. The highest BCUT2D eigenvalue weighted by atomic mass is 32.2. The molecule has 0 radical (unpaired) electrons. The summed E-state index contributed by atoms with van der Waals surface area (Å²) in [7, 11) is 0. The summed E-state index contributed by atoms with van der Waals surface area (Å²) in [5.41, 5.74) is 2.67. The van der Waals surface area contributed by atoms with Crippen LogP contribution in [0.1, 0.15) is 11.1 Å². The summed E-state index contributed by atoms with van der Waals surface area (Å²) in [6.45, 7) is 0. The number of nitrogens with zero attached hydrogens (tertiary/aromatic N) is 2. The van der Waals surface area contributed by atoms with Crippen molar-refractivity contribution in [2.45, 2.75) is 16.3 Å². The Labute approximate surface area is 86.4 Å². The van der Waals surface area contributed by atoms with Crippen molar-refractivity contribution >= 4 is 11.8 Å². The first-order valence-corrected chi connectivity index (χ1v) is 5.31. The van der Waals surface area contributed by atoms with Gasteiger partial charge >= 0.3 is 0 Å². The maximum atomic E-state index is 4.13. The van der Waals surface area contributed by atoms with Crippen molar-refractivity contribution in [3.8, 4) is 0 Å². The molecule has 0 spiro atoms. The molecule has 2 nitrogen and oxygen atoms in total. The summed E-state index contributed by atoms with van der Waals surface area (Å²) in [4.78, 5) is 1.31. The van der Waals surface area contributed by atoms with Crippen LogP contribution in [0.4, 0.5) is 0 Å². The van der Waals surface area contributed by atoms with Gasteiger partial charge in [-0.2, -0.15) is 5.10 Å². The second-order valence-electron chi connectivity index (χ2n) is 3.25. The highest BCUT2D eigenvalue weighted by Gasteiger charge is 2.15. The number of benzene rings is 1. The van der Waals surface area contributed by atoms with Crippen molar-refractivity contribution in [3.63, 3.8) is 0 Å². The van der Waals surface area contributed by atoms with E-state index in [1.165, 1.54) is 16.0 Å². The standard InChI is InChI=1S/C11H8N2S/c1-2-4-10-8(3-1)7-9-5-6-12-13-11(9)14-10/h1-6H,7H2. The molecule has 1 aliphatic rings. The number of hydrogen-bond donors (Lipinski definition) is 0. The van der Waals surface area contributed by atoms with E-state index >= 15 is 0 Å². The molecule has 2 heterocycles. The molecule has 0 N–H and O–H groups in total. The van der Waals surface area contributed by atoms with Crippen LogP contribution in [0.15, 0.2) is 46.5 Å². The summed E-state index contributed by atoms with van der Waals surface area (Å²) >= 11 is 1.71. The Morgan fingerprint density at radius 2 is 2.00 bits per heavy atom. The summed E-state index contributed by atoms with van der Waals surface area (Å²) < 4.78 is 0. The van der Waals surface area contributed by atoms with E-state index in [1.807, 2.05) is 6.07 Å². The number of hydrogen-bond acceptors (Lipinski definition) is 3. The lowest BCUT2D eigenvalue weighted by molar-refractivity contribution is 0.870. The van der Waals surface area contributed by atoms with Gasteiger partial charge in [0.15, 0.2) is 0 Å². The van der Waals surface area contributed by atoms with Crippen LogP contribution in [0.5, 0.6) is 0 Å². The molecule has 0 aliphatic carbocycles. The molecule has 0 amide bonds. The summed E-state index contributed by atoms with van der Waals surface area (Å²) in [5, 5.41) is 9.08. The van der Waals surface area contributed by atoms with E-state index in [-0.39, 0.29) is 0 Å². The predicted molar refractivity (Wildman–Crippen MR) is 55.4 cm³/mol. The van der Waals surface area contributed by atoms with Gasteiger partial charge in [0.25, 0.3) is 0 Å². The van der Waals surface area contributed by atoms with E-state index in [0.29, 0.717) is 0 Å². The van der Waals surface area contributed by atoms with Gasteiger partial charge in [0.2, 0.25) is 0 Å². The van der Waals surface area contributed by atoms with Crippen LogP contribution < -0.4 is 0 Å². The quantitative estimate of drug-likeness (QED) is 0.557. The van der Waals surface area contributed by atoms with Gasteiger partial charge < -0.3 is 0 Å². The smallest absolute Gasteiger partial charge is 0.127 e. The number of rotatable bonds is 0. The van der Waals surface area contributed by atoms with Crippen molar-refractivity contribution in [2.75, 3.05) is 0 Å². The Hall–Kier alpha value is -1.35. The van der Waals surface area contributed by atoms with E-state index in [1.54, 1.807) is 18.0 Å². The Balaban J connectivity index is 2.12. The van der Waals surface area contributed by atoms with Crippen LogP contribution in [-0.4, -0.2) is 10.2 Å². The van der Waals surface area contributed by atoms with Gasteiger partial charge in [-0.15, -0.1) is 5.10 Å². The van der Waals surface area contributed by atoms with Crippen molar-refractivity contribution < 1.29 is 0 Å². The minimum absolute atomic E-state index is 0.980. The highest BCUT2D eigenvalue weighted by molar-refractivity contribution is 7.99. The first-order valence-electron chi connectivity index (χ1n) is 4.50. The molecule has 0 fully saturated rings. The van der Waals surface area contributed by atoms with Crippen molar-refractivity contribution in [3.05, 3.63) is 47.7 Å². The molecule has 0 saturated carbocycles. The normalized spacial score (nSPS) is 13.1. The summed E-state index contributed by atoms with van der Waals surface area (Å²) in [5.74, 6) is 0. The van der Waals surface area contributed by atoms with Crippen LogP contribution in [-0.2, 0) is 6.42 Å². The third-order valence-electron chi connectivity index (χ3n) is 2.33. The molecule has 0 bridgehead atoms. The van der Waals surface area contributed by atoms with Gasteiger partial charge in [-0.3, -0.25) is 0 Å². The average molecular weight is 200 g/mol. The van der Waals surface area contributed by atoms with Gasteiger partial charge in [0.05, 0.1) is 0 Å². The minimum Gasteiger partial charge on any atom is -0.158 e. The molecule has 14 heavy (non-hydrogen) atoms. The second-order valence-corrected chi connectivity index (χ2v) is 4.28.